The Morgan fingerprint density at radius 3 is 1.44 bits per heavy atom. The number of benzene rings is 5. The molecule has 0 aliphatic rings. The van der Waals surface area contributed by atoms with E-state index in [0.29, 0.717) is 0 Å². The van der Waals surface area contributed by atoms with Crippen molar-refractivity contribution in [3.05, 3.63) is 133 Å². The van der Waals surface area contributed by atoms with Crippen LogP contribution in [0.3, 0.4) is 0 Å². The van der Waals surface area contributed by atoms with Gasteiger partial charge in [0.1, 0.15) is 8.80 Å². The fourth-order valence-electron chi connectivity index (χ4n) is 4.91. The average Bonchev–Trinajstić information content (AvgIpc) is 3.20. The van der Waals surface area contributed by atoms with Gasteiger partial charge in [-0.25, -0.2) is 0 Å². The number of aromatic nitrogens is 1. The van der Waals surface area contributed by atoms with Crippen molar-refractivity contribution < 1.29 is 0 Å². The Bertz CT molecular complexity index is 1420. The maximum absolute atomic E-state index is 2.41. The molecule has 0 fully saturated rings. The van der Waals surface area contributed by atoms with Crippen LogP contribution < -0.4 is 15.6 Å². The molecule has 1 heterocycles. The minimum atomic E-state index is -1.58. The van der Waals surface area contributed by atoms with E-state index in [1.807, 2.05) is 0 Å². The highest BCUT2D eigenvalue weighted by Crippen LogP contribution is 2.31. The van der Waals surface area contributed by atoms with Crippen LogP contribution >= 0.6 is 0 Å². The topological polar surface area (TPSA) is 4.93 Å². The van der Waals surface area contributed by atoms with E-state index in [4.69, 9.17) is 0 Å². The van der Waals surface area contributed by atoms with Crippen LogP contribution in [0.1, 0.15) is 0 Å². The first-order valence-corrected chi connectivity index (χ1v) is 12.8. The molecule has 0 saturated carbocycles. The monoisotopic (exact) mass is 425 g/mol. The predicted molar refractivity (Wildman–Crippen MR) is 140 cm³/mol. The first-order valence-electron chi connectivity index (χ1n) is 11.1. The molecule has 0 spiro atoms. The largest absolute Gasteiger partial charge is 0.309 e. The van der Waals surface area contributed by atoms with Gasteiger partial charge in [0.25, 0.3) is 0 Å². The number of para-hydroxylation sites is 2. The molecule has 0 unspecified atom stereocenters. The zero-order chi connectivity index (χ0) is 21.3. The van der Waals surface area contributed by atoms with E-state index in [9.17, 15) is 0 Å². The molecular formula is C30H23NSi. The van der Waals surface area contributed by atoms with Crippen LogP contribution in [0.15, 0.2) is 133 Å². The second-order valence-electron chi connectivity index (χ2n) is 8.22. The predicted octanol–water partition coefficient (Wildman–Crippen LogP) is 5.03. The summed E-state index contributed by atoms with van der Waals surface area (Å²) in [5, 5.41) is 6.92. The molecular weight excluding hydrogens is 402 g/mol. The van der Waals surface area contributed by atoms with Crippen molar-refractivity contribution in [2.45, 2.75) is 0 Å². The summed E-state index contributed by atoms with van der Waals surface area (Å²) in [7, 11) is -1.58. The highest BCUT2D eigenvalue weighted by molar-refractivity contribution is 6.95. The highest BCUT2D eigenvalue weighted by atomic mass is 28.3. The van der Waals surface area contributed by atoms with Crippen LogP contribution in [0, 0.1) is 0 Å². The second-order valence-corrected chi connectivity index (χ2v) is 11.1. The third-order valence-electron chi connectivity index (χ3n) is 6.31. The lowest BCUT2D eigenvalue weighted by Crippen LogP contribution is -2.51. The van der Waals surface area contributed by atoms with Gasteiger partial charge >= 0.3 is 0 Å². The molecule has 0 atom stereocenters. The Morgan fingerprint density at radius 1 is 0.406 bits per heavy atom. The lowest BCUT2D eigenvalue weighted by Gasteiger charge is -2.19. The Hall–Kier alpha value is -3.88. The summed E-state index contributed by atoms with van der Waals surface area (Å²) in [6.07, 6.45) is 0. The van der Waals surface area contributed by atoms with Crippen molar-refractivity contribution in [1.82, 2.24) is 4.57 Å². The van der Waals surface area contributed by atoms with Gasteiger partial charge in [0.2, 0.25) is 0 Å². The Kier molecular flexibility index (Phi) is 4.71. The number of fused-ring (bicyclic) bond motifs is 3. The smallest absolute Gasteiger partial charge is 0.133 e. The molecule has 0 bridgehead atoms. The maximum Gasteiger partial charge on any atom is 0.133 e. The van der Waals surface area contributed by atoms with Crippen LogP contribution in [-0.2, 0) is 0 Å². The lowest BCUT2D eigenvalue weighted by molar-refractivity contribution is 1.18. The van der Waals surface area contributed by atoms with Crippen LogP contribution in [-0.4, -0.2) is 13.4 Å². The van der Waals surface area contributed by atoms with E-state index in [1.54, 1.807) is 0 Å². The van der Waals surface area contributed by atoms with E-state index < -0.39 is 8.80 Å². The van der Waals surface area contributed by atoms with Crippen LogP contribution in [0.5, 0.6) is 0 Å². The Labute approximate surface area is 189 Å². The van der Waals surface area contributed by atoms with E-state index in [1.165, 1.54) is 43.1 Å². The molecule has 0 aliphatic heterocycles. The fraction of sp³-hybridized carbons (Fsp3) is 0. The van der Waals surface area contributed by atoms with Crippen molar-refractivity contribution in [3.8, 4) is 5.69 Å². The van der Waals surface area contributed by atoms with Crippen molar-refractivity contribution in [3.63, 3.8) is 0 Å². The molecule has 6 rings (SSSR count). The van der Waals surface area contributed by atoms with Crippen molar-refractivity contribution >= 4 is 46.2 Å². The summed E-state index contributed by atoms with van der Waals surface area (Å²) in [5.41, 5.74) is 3.73. The first kappa shape index (κ1) is 18.9. The van der Waals surface area contributed by atoms with Gasteiger partial charge < -0.3 is 4.57 Å². The molecule has 152 valence electrons. The fourth-order valence-corrected chi connectivity index (χ4v) is 7.92. The van der Waals surface area contributed by atoms with E-state index >= 15 is 0 Å². The quantitative estimate of drug-likeness (QED) is 0.276. The van der Waals surface area contributed by atoms with Crippen LogP contribution in [0.2, 0.25) is 0 Å². The minimum absolute atomic E-state index is 1.23. The second kappa shape index (κ2) is 7.99. The van der Waals surface area contributed by atoms with Crippen molar-refractivity contribution in [2.24, 2.45) is 0 Å². The van der Waals surface area contributed by atoms with Crippen molar-refractivity contribution in [1.29, 1.82) is 0 Å². The van der Waals surface area contributed by atoms with Gasteiger partial charge in [-0.3, -0.25) is 0 Å². The lowest BCUT2D eigenvalue weighted by atomic mass is 10.2. The van der Waals surface area contributed by atoms with E-state index in [0.717, 1.165) is 0 Å². The molecule has 1 nitrogen and oxygen atoms in total. The van der Waals surface area contributed by atoms with Gasteiger partial charge in [-0.05, 0) is 24.3 Å². The van der Waals surface area contributed by atoms with Gasteiger partial charge in [0.15, 0.2) is 0 Å². The maximum atomic E-state index is 2.41. The molecule has 1 aromatic heterocycles. The summed E-state index contributed by atoms with van der Waals surface area (Å²) < 4.78 is 2.41. The zero-order valence-electron chi connectivity index (χ0n) is 17.7. The summed E-state index contributed by atoms with van der Waals surface area (Å²) in [6.45, 7) is 0. The van der Waals surface area contributed by atoms with E-state index in [-0.39, 0.29) is 0 Å². The SMILES string of the molecule is c1ccc([SiH](c2ccccc2)c2cccc(-n3c4ccccc4c4ccccc43)c2)cc1. The first-order chi connectivity index (χ1) is 15.9. The van der Waals surface area contributed by atoms with Crippen molar-refractivity contribution in [2.75, 3.05) is 0 Å². The number of nitrogens with zero attached hydrogens (tertiary/aromatic N) is 1. The highest BCUT2D eigenvalue weighted by Gasteiger charge is 2.20. The number of hydrogen-bond acceptors (Lipinski definition) is 0. The molecule has 0 saturated heterocycles. The summed E-state index contributed by atoms with van der Waals surface area (Å²) in [6, 6.07) is 48.6. The zero-order valence-corrected chi connectivity index (χ0v) is 18.9. The average molecular weight is 426 g/mol. The molecule has 5 aromatic carbocycles. The van der Waals surface area contributed by atoms with Gasteiger partial charge in [0, 0.05) is 16.5 Å². The number of hydrogen-bond donors (Lipinski definition) is 0. The Balaban J connectivity index is 1.59. The Morgan fingerprint density at radius 2 is 0.875 bits per heavy atom. The third kappa shape index (κ3) is 3.17. The van der Waals surface area contributed by atoms with Gasteiger partial charge in [0.05, 0.1) is 11.0 Å². The number of rotatable bonds is 4. The molecule has 0 N–H and O–H groups in total. The summed E-state index contributed by atoms with van der Waals surface area (Å²) in [4.78, 5) is 0. The molecule has 32 heavy (non-hydrogen) atoms. The van der Waals surface area contributed by atoms with Crippen LogP contribution in [0.25, 0.3) is 27.5 Å². The summed E-state index contributed by atoms with van der Waals surface area (Å²) in [5.74, 6) is 0. The molecule has 0 aliphatic carbocycles. The van der Waals surface area contributed by atoms with Gasteiger partial charge in [-0.15, -0.1) is 0 Å². The third-order valence-corrected chi connectivity index (χ3v) is 9.44. The normalized spacial score (nSPS) is 11.4. The van der Waals surface area contributed by atoms with Gasteiger partial charge in [-0.2, -0.15) is 0 Å². The molecule has 0 amide bonds. The van der Waals surface area contributed by atoms with E-state index in [2.05, 4.69) is 138 Å². The summed E-state index contributed by atoms with van der Waals surface area (Å²) >= 11 is 0. The van der Waals surface area contributed by atoms with Crippen LogP contribution in [0.4, 0.5) is 0 Å². The standard InChI is InChI=1S/C30H23NSi/c1-3-13-24(14-4-1)32(25-15-5-2-6-16-25)26-17-11-12-23(22-26)31-29-20-9-7-18-27(29)28-19-8-10-21-30(28)31/h1-22,32H. The van der Waals surface area contributed by atoms with Gasteiger partial charge in [-0.1, -0.05) is 125 Å². The minimum Gasteiger partial charge on any atom is -0.309 e. The molecule has 6 aromatic rings. The molecule has 0 radical (unpaired) electrons. The molecule has 2 heteroatoms.